The summed E-state index contributed by atoms with van der Waals surface area (Å²) in [6.07, 6.45) is 0.730. The van der Waals surface area contributed by atoms with Crippen LogP contribution in [0, 0.1) is 5.92 Å². The molecule has 1 N–H and O–H groups in total. The molecule has 7 nitrogen and oxygen atoms in total. The molecule has 1 unspecified atom stereocenters. The summed E-state index contributed by atoms with van der Waals surface area (Å²) in [5, 5.41) is 15.5. The van der Waals surface area contributed by atoms with E-state index in [1.807, 2.05) is 34.0 Å². The van der Waals surface area contributed by atoms with Crippen LogP contribution in [0.25, 0.3) is 0 Å². The van der Waals surface area contributed by atoms with E-state index in [1.165, 1.54) is 32.4 Å². The van der Waals surface area contributed by atoms with E-state index >= 15 is 0 Å². The van der Waals surface area contributed by atoms with E-state index in [2.05, 4.69) is 14.7 Å². The molecular weight excluding hydrogens is 433 g/mol. The van der Waals surface area contributed by atoms with Gasteiger partial charge in [0.25, 0.3) is 5.91 Å². The molecule has 2 aliphatic rings. The number of carboxylic acids is 1. The van der Waals surface area contributed by atoms with Gasteiger partial charge in [0.15, 0.2) is 0 Å². The summed E-state index contributed by atoms with van der Waals surface area (Å²) in [6.45, 7) is 5.83. The number of carboxylic acid groups (broad SMARTS) is 1. The minimum Gasteiger partial charge on any atom is -0.475 e. The van der Waals surface area contributed by atoms with Gasteiger partial charge in [-0.25, -0.2) is 4.79 Å². The number of thiophene rings is 1. The fourth-order valence-electron chi connectivity index (χ4n) is 3.88. The lowest BCUT2D eigenvalue weighted by molar-refractivity contribution is -0.192. The van der Waals surface area contributed by atoms with Gasteiger partial charge in [-0.15, -0.1) is 0 Å². The van der Waals surface area contributed by atoms with E-state index in [9.17, 15) is 18.0 Å². The molecule has 2 aromatic heterocycles. The van der Waals surface area contributed by atoms with Gasteiger partial charge < -0.3 is 14.9 Å². The van der Waals surface area contributed by atoms with Gasteiger partial charge in [0.1, 0.15) is 0 Å². The third-order valence-corrected chi connectivity index (χ3v) is 6.01. The van der Waals surface area contributed by atoms with Gasteiger partial charge in [-0.1, -0.05) is 6.42 Å². The maximum absolute atomic E-state index is 12.9. The second-order valence-corrected chi connectivity index (χ2v) is 8.51. The molecule has 1 atom stereocenters. The molecule has 11 heteroatoms. The Morgan fingerprint density at radius 2 is 1.87 bits per heavy atom. The molecular formula is C20H25F3N4O3S. The van der Waals surface area contributed by atoms with Gasteiger partial charge >= 0.3 is 12.1 Å². The second kappa shape index (κ2) is 10.3. The topological polar surface area (TPSA) is 78.7 Å². The van der Waals surface area contributed by atoms with Crippen LogP contribution in [0.5, 0.6) is 0 Å². The number of carbonyl (C=O) groups excluding carboxylic acids is 1. The third-order valence-electron chi connectivity index (χ3n) is 5.33. The molecule has 0 aromatic carbocycles. The fourth-order valence-corrected chi connectivity index (χ4v) is 4.51. The number of rotatable bonds is 3. The van der Waals surface area contributed by atoms with Gasteiger partial charge in [0.2, 0.25) is 0 Å². The number of amides is 1. The zero-order chi connectivity index (χ0) is 22.4. The Balaban J connectivity index is 0.000000339. The normalized spacial score (nSPS) is 19.7. The van der Waals surface area contributed by atoms with Crippen LogP contribution in [0.4, 0.5) is 13.2 Å². The molecule has 4 rings (SSSR count). The monoisotopic (exact) mass is 458 g/mol. The first kappa shape index (κ1) is 23.3. The fraction of sp³-hybridized carbons (Fsp3) is 0.550. The average Bonchev–Trinajstić information content (AvgIpc) is 3.37. The largest absolute Gasteiger partial charge is 0.490 e. The maximum Gasteiger partial charge on any atom is 0.490 e. The van der Waals surface area contributed by atoms with E-state index in [1.54, 1.807) is 11.3 Å². The van der Waals surface area contributed by atoms with E-state index in [-0.39, 0.29) is 5.91 Å². The van der Waals surface area contributed by atoms with Gasteiger partial charge in [-0.3, -0.25) is 9.48 Å². The molecule has 2 aliphatic heterocycles. The highest BCUT2D eigenvalue weighted by atomic mass is 32.1. The highest BCUT2D eigenvalue weighted by Gasteiger charge is 2.38. The van der Waals surface area contributed by atoms with Crippen molar-refractivity contribution in [2.24, 2.45) is 5.92 Å². The number of aliphatic carboxylic acids is 1. The van der Waals surface area contributed by atoms with Crippen molar-refractivity contribution in [3.05, 3.63) is 40.3 Å². The van der Waals surface area contributed by atoms with Crippen LogP contribution in [-0.2, 0) is 17.9 Å². The van der Waals surface area contributed by atoms with Crippen molar-refractivity contribution in [2.75, 3.05) is 26.2 Å². The SMILES string of the molecule is O=C(O)C(F)(F)F.O=C(c1ccsc1)N1Cc2ccnn2CC(CN2CCCCC2)C1. The van der Waals surface area contributed by atoms with Crippen molar-refractivity contribution in [1.29, 1.82) is 0 Å². The molecule has 0 spiro atoms. The molecule has 1 saturated heterocycles. The molecule has 2 aromatic rings. The Morgan fingerprint density at radius 3 is 2.48 bits per heavy atom. The highest BCUT2D eigenvalue weighted by Crippen LogP contribution is 2.21. The molecule has 170 valence electrons. The maximum atomic E-state index is 12.9. The quantitative estimate of drug-likeness (QED) is 0.763. The Hall–Kier alpha value is -2.40. The average molecular weight is 459 g/mol. The van der Waals surface area contributed by atoms with Crippen LogP contribution in [0.15, 0.2) is 29.1 Å². The summed E-state index contributed by atoms with van der Waals surface area (Å²) in [5.74, 6) is -2.17. The highest BCUT2D eigenvalue weighted by molar-refractivity contribution is 7.08. The van der Waals surface area contributed by atoms with Crippen LogP contribution in [-0.4, -0.2) is 68.9 Å². The number of likely N-dealkylation sites (tertiary alicyclic amines) is 1. The Labute approximate surface area is 182 Å². The summed E-state index contributed by atoms with van der Waals surface area (Å²) >= 11 is 1.58. The minimum absolute atomic E-state index is 0.148. The van der Waals surface area contributed by atoms with Crippen LogP contribution in [0.1, 0.15) is 35.3 Å². The molecule has 31 heavy (non-hydrogen) atoms. The smallest absolute Gasteiger partial charge is 0.475 e. The van der Waals surface area contributed by atoms with Gasteiger partial charge in [0, 0.05) is 37.1 Å². The molecule has 1 fully saturated rings. The number of halogens is 3. The first-order valence-corrected chi connectivity index (χ1v) is 11.0. The lowest BCUT2D eigenvalue weighted by atomic mass is 10.1. The van der Waals surface area contributed by atoms with E-state index < -0.39 is 12.1 Å². The number of aromatic nitrogens is 2. The summed E-state index contributed by atoms with van der Waals surface area (Å²) in [6, 6.07) is 3.96. The molecule has 0 bridgehead atoms. The number of hydrogen-bond donors (Lipinski definition) is 1. The lowest BCUT2D eigenvalue weighted by Crippen LogP contribution is -2.40. The van der Waals surface area contributed by atoms with Crippen molar-refractivity contribution in [3.63, 3.8) is 0 Å². The molecule has 0 aliphatic carbocycles. The van der Waals surface area contributed by atoms with Crippen molar-refractivity contribution >= 4 is 23.2 Å². The van der Waals surface area contributed by atoms with Crippen LogP contribution >= 0.6 is 11.3 Å². The molecule has 1 amide bonds. The number of piperidine rings is 1. The number of carbonyl (C=O) groups is 2. The van der Waals surface area contributed by atoms with Gasteiger partial charge in [-0.2, -0.15) is 29.6 Å². The van der Waals surface area contributed by atoms with Crippen LogP contribution < -0.4 is 0 Å². The standard InChI is InChI=1S/C18H24N4OS.C2HF3O2/c23-18(16-5-9-24-14-16)21-11-15(10-20-7-2-1-3-8-20)12-22-17(13-21)4-6-19-22;3-2(4,5)1(6)7/h4-6,9,14-15H,1-3,7-8,10-13H2;(H,6,7). The third kappa shape index (κ3) is 6.54. The van der Waals surface area contributed by atoms with Crippen molar-refractivity contribution in [3.8, 4) is 0 Å². The van der Waals surface area contributed by atoms with Crippen LogP contribution in [0.2, 0.25) is 0 Å². The van der Waals surface area contributed by atoms with Crippen molar-refractivity contribution < 1.29 is 27.9 Å². The Kier molecular flexibility index (Phi) is 7.71. The zero-order valence-electron chi connectivity index (χ0n) is 16.9. The number of nitrogens with zero attached hydrogens (tertiary/aromatic N) is 4. The molecule has 0 saturated carbocycles. The zero-order valence-corrected chi connectivity index (χ0v) is 17.7. The second-order valence-electron chi connectivity index (χ2n) is 7.73. The summed E-state index contributed by atoms with van der Waals surface area (Å²) in [7, 11) is 0. The Bertz CT molecular complexity index is 863. The van der Waals surface area contributed by atoms with Gasteiger partial charge in [0.05, 0.1) is 17.8 Å². The predicted molar refractivity (Wildman–Crippen MR) is 109 cm³/mol. The first-order chi connectivity index (χ1) is 14.7. The van der Waals surface area contributed by atoms with Crippen molar-refractivity contribution in [1.82, 2.24) is 19.6 Å². The molecule has 4 heterocycles. The van der Waals surface area contributed by atoms with E-state index in [0.29, 0.717) is 12.5 Å². The lowest BCUT2D eigenvalue weighted by Gasteiger charge is -2.31. The summed E-state index contributed by atoms with van der Waals surface area (Å²) in [5.41, 5.74) is 1.95. The number of alkyl halides is 3. The number of fused-ring (bicyclic) bond motifs is 1. The molecule has 0 radical (unpaired) electrons. The van der Waals surface area contributed by atoms with Crippen molar-refractivity contribution in [2.45, 2.75) is 38.5 Å². The Morgan fingerprint density at radius 1 is 1.16 bits per heavy atom. The predicted octanol–water partition coefficient (Wildman–Crippen LogP) is 3.34. The van der Waals surface area contributed by atoms with E-state index in [0.717, 1.165) is 30.9 Å². The first-order valence-electron chi connectivity index (χ1n) is 10.1. The summed E-state index contributed by atoms with van der Waals surface area (Å²) < 4.78 is 33.8. The number of hydrogen-bond acceptors (Lipinski definition) is 5. The van der Waals surface area contributed by atoms with E-state index in [4.69, 9.17) is 9.90 Å². The van der Waals surface area contributed by atoms with Crippen LogP contribution in [0.3, 0.4) is 0 Å². The summed E-state index contributed by atoms with van der Waals surface area (Å²) in [4.78, 5) is 26.3. The van der Waals surface area contributed by atoms with Gasteiger partial charge in [-0.05, 0) is 43.4 Å². The minimum atomic E-state index is -5.08.